The molecule has 31 heavy (non-hydrogen) atoms. The highest BCUT2D eigenvalue weighted by molar-refractivity contribution is 7.22. The molecule has 0 unspecified atom stereocenters. The van der Waals surface area contributed by atoms with Gasteiger partial charge in [0.15, 0.2) is 0 Å². The molecular weight excluding hydrogens is 432 g/mol. The third-order valence-corrected chi connectivity index (χ3v) is 6.59. The molecule has 1 aromatic carbocycles. The zero-order chi connectivity index (χ0) is 21.2. The number of benzene rings is 1. The number of rotatable bonds is 6. The number of nitrogens with zero attached hydrogens (tertiary/aromatic N) is 4. The van der Waals surface area contributed by atoms with E-state index in [0.717, 1.165) is 27.9 Å². The van der Waals surface area contributed by atoms with Crippen molar-refractivity contribution in [2.75, 3.05) is 31.5 Å². The van der Waals surface area contributed by atoms with Gasteiger partial charge in [-0.15, -0.1) is 11.3 Å². The summed E-state index contributed by atoms with van der Waals surface area (Å²) in [5.41, 5.74) is 2.97. The van der Waals surface area contributed by atoms with Crippen LogP contribution in [0.15, 0.2) is 55.0 Å². The van der Waals surface area contributed by atoms with Crippen LogP contribution in [-0.2, 0) is 0 Å². The van der Waals surface area contributed by atoms with Gasteiger partial charge in [0.25, 0.3) is 0 Å². The van der Waals surface area contributed by atoms with Crippen LogP contribution in [0.2, 0.25) is 5.02 Å². The Morgan fingerprint density at radius 2 is 2.10 bits per heavy atom. The lowest BCUT2D eigenvalue weighted by atomic mass is 10.1. The average Bonchev–Trinajstić information content (AvgIpc) is 3.41. The number of urea groups is 1. The number of amides is 2. The predicted octanol–water partition coefficient (Wildman–Crippen LogP) is 4.51. The van der Waals surface area contributed by atoms with E-state index in [2.05, 4.69) is 49.9 Å². The first-order chi connectivity index (χ1) is 15.2. The third kappa shape index (κ3) is 4.04. The molecule has 0 aliphatic carbocycles. The maximum atomic E-state index is 11.7. The van der Waals surface area contributed by atoms with E-state index < -0.39 is 0 Å². The second-order valence-corrected chi connectivity index (χ2v) is 8.57. The number of hydrogen-bond donors (Lipinski definition) is 2. The summed E-state index contributed by atoms with van der Waals surface area (Å²) in [7, 11) is 0. The number of aromatic nitrogens is 3. The van der Waals surface area contributed by atoms with Crippen LogP contribution < -0.4 is 10.6 Å². The fraction of sp³-hybridized carbons (Fsp3) is 0.182. The lowest BCUT2D eigenvalue weighted by Gasteiger charge is -2.14. The molecule has 1 aliphatic rings. The number of fused-ring (bicyclic) bond motifs is 1. The molecule has 0 bridgehead atoms. The Kier molecular flexibility index (Phi) is 5.40. The largest absolute Gasteiger partial charge is 0.352 e. The Morgan fingerprint density at radius 1 is 1.23 bits per heavy atom. The summed E-state index contributed by atoms with van der Waals surface area (Å²) in [6.07, 6.45) is 5.21. The van der Waals surface area contributed by atoms with Crippen LogP contribution in [0.4, 0.5) is 10.7 Å². The van der Waals surface area contributed by atoms with E-state index in [1.54, 1.807) is 34.8 Å². The summed E-state index contributed by atoms with van der Waals surface area (Å²) in [6.45, 7) is 2.56. The van der Waals surface area contributed by atoms with E-state index in [4.69, 9.17) is 11.6 Å². The number of pyridine rings is 1. The smallest absolute Gasteiger partial charge is 0.317 e. The Morgan fingerprint density at radius 3 is 2.90 bits per heavy atom. The predicted molar refractivity (Wildman–Crippen MR) is 125 cm³/mol. The van der Waals surface area contributed by atoms with Gasteiger partial charge in [-0.2, -0.15) is 0 Å². The van der Waals surface area contributed by atoms with Crippen molar-refractivity contribution in [1.29, 1.82) is 0 Å². The van der Waals surface area contributed by atoms with Gasteiger partial charge in [-0.3, -0.25) is 4.98 Å². The first-order valence-electron chi connectivity index (χ1n) is 9.91. The maximum Gasteiger partial charge on any atom is 0.317 e. The van der Waals surface area contributed by atoms with Gasteiger partial charge in [0.2, 0.25) is 5.95 Å². The molecule has 0 saturated carbocycles. The van der Waals surface area contributed by atoms with Gasteiger partial charge in [0.1, 0.15) is 5.69 Å². The van der Waals surface area contributed by atoms with Crippen molar-refractivity contribution in [3.63, 3.8) is 0 Å². The molecule has 0 radical (unpaired) electrons. The lowest BCUT2D eigenvalue weighted by molar-refractivity contribution is 0.219. The Hall–Kier alpha value is -3.23. The second-order valence-electron chi connectivity index (χ2n) is 7.11. The minimum absolute atomic E-state index is 0.0326. The third-order valence-electron chi connectivity index (χ3n) is 5.12. The van der Waals surface area contributed by atoms with Crippen molar-refractivity contribution in [2.24, 2.45) is 0 Å². The van der Waals surface area contributed by atoms with Crippen molar-refractivity contribution in [2.45, 2.75) is 0 Å². The number of nitrogens with one attached hydrogen (secondary N) is 2. The highest BCUT2D eigenvalue weighted by atomic mass is 35.5. The van der Waals surface area contributed by atoms with E-state index in [1.165, 1.54) is 4.70 Å². The zero-order valence-corrected chi connectivity index (χ0v) is 18.1. The van der Waals surface area contributed by atoms with E-state index in [1.807, 2.05) is 12.1 Å². The van der Waals surface area contributed by atoms with Crippen LogP contribution >= 0.6 is 22.9 Å². The molecule has 1 fully saturated rings. The van der Waals surface area contributed by atoms with Crippen LogP contribution in [0.25, 0.3) is 31.8 Å². The molecule has 0 spiro atoms. The molecule has 4 heterocycles. The average molecular weight is 451 g/mol. The van der Waals surface area contributed by atoms with E-state index >= 15 is 0 Å². The molecular formula is C22H19ClN6OS. The highest BCUT2D eigenvalue weighted by Gasteiger charge is 2.19. The maximum absolute atomic E-state index is 11.7. The molecule has 5 rings (SSSR count). The Balaban J connectivity index is 1.42. The first-order valence-corrected chi connectivity index (χ1v) is 11.1. The molecule has 4 aromatic rings. The van der Waals surface area contributed by atoms with Gasteiger partial charge < -0.3 is 15.5 Å². The topological polar surface area (TPSA) is 83.0 Å². The number of carbonyl (C=O) groups excluding carboxylic acids is 1. The number of thiophene rings is 1. The van der Waals surface area contributed by atoms with Gasteiger partial charge in [-0.05, 0) is 34.7 Å². The Labute approximate surface area is 188 Å². The summed E-state index contributed by atoms with van der Waals surface area (Å²) in [5.74, 6) is 0.491. The number of anilines is 1. The zero-order valence-electron chi connectivity index (χ0n) is 16.5. The summed E-state index contributed by atoms with van der Waals surface area (Å²) >= 11 is 8.11. The minimum atomic E-state index is -0.0326. The van der Waals surface area contributed by atoms with Crippen molar-refractivity contribution in [1.82, 2.24) is 25.2 Å². The summed E-state index contributed by atoms with van der Waals surface area (Å²) in [4.78, 5) is 27.4. The standard InChI is InChI=1S/C22H19ClN6OS/c23-17-13-27-21(25-8-10-29-11-9-26-22(29)30)28-19(17)18-12-15-2-1-3-16(20(15)31-18)14-4-6-24-7-5-14/h1-7,12-13H,8-11H2,(H,26,30)(H,25,27,28). The SMILES string of the molecule is O=C1NCCN1CCNc1ncc(Cl)c(-c2cc3cccc(-c4ccncc4)c3s2)n1. The van der Waals surface area contributed by atoms with Gasteiger partial charge in [0.05, 0.1) is 16.1 Å². The summed E-state index contributed by atoms with van der Waals surface area (Å²) in [6, 6.07) is 12.4. The molecule has 7 nitrogen and oxygen atoms in total. The molecule has 1 saturated heterocycles. The van der Waals surface area contributed by atoms with Crippen LogP contribution in [0, 0.1) is 0 Å². The number of carbonyl (C=O) groups is 1. The van der Waals surface area contributed by atoms with Gasteiger partial charge >= 0.3 is 6.03 Å². The Bertz CT molecular complexity index is 1250. The van der Waals surface area contributed by atoms with E-state index in [9.17, 15) is 4.79 Å². The molecule has 9 heteroatoms. The lowest BCUT2D eigenvalue weighted by Crippen LogP contribution is -2.32. The quantitative estimate of drug-likeness (QED) is 0.451. The molecule has 1 aliphatic heterocycles. The van der Waals surface area contributed by atoms with E-state index in [-0.39, 0.29) is 6.03 Å². The van der Waals surface area contributed by atoms with Gasteiger partial charge in [-0.25, -0.2) is 14.8 Å². The summed E-state index contributed by atoms with van der Waals surface area (Å²) in [5, 5.41) is 7.63. The van der Waals surface area contributed by atoms with Crippen molar-refractivity contribution < 1.29 is 4.79 Å². The van der Waals surface area contributed by atoms with Crippen molar-refractivity contribution in [3.05, 3.63) is 60.0 Å². The van der Waals surface area contributed by atoms with Crippen molar-refractivity contribution >= 4 is 45.0 Å². The monoisotopic (exact) mass is 450 g/mol. The van der Waals surface area contributed by atoms with Crippen LogP contribution in [0.1, 0.15) is 0 Å². The van der Waals surface area contributed by atoms with Crippen molar-refractivity contribution in [3.8, 4) is 21.7 Å². The molecule has 0 atom stereocenters. The fourth-order valence-corrected chi connectivity index (χ4v) is 5.04. The minimum Gasteiger partial charge on any atom is -0.352 e. The molecule has 156 valence electrons. The second kappa shape index (κ2) is 8.49. The first kappa shape index (κ1) is 19.7. The molecule has 2 amide bonds. The normalized spacial score (nSPS) is 13.6. The van der Waals surface area contributed by atoms with Crippen LogP contribution in [-0.4, -0.2) is 52.1 Å². The molecule has 2 N–H and O–H groups in total. The van der Waals surface area contributed by atoms with E-state index in [0.29, 0.717) is 36.3 Å². The fourth-order valence-electron chi connectivity index (χ4n) is 3.59. The highest BCUT2D eigenvalue weighted by Crippen LogP contribution is 2.40. The van der Waals surface area contributed by atoms with Gasteiger partial charge in [-0.1, -0.05) is 29.8 Å². The number of hydrogen-bond acceptors (Lipinski definition) is 6. The molecule has 3 aromatic heterocycles. The summed E-state index contributed by atoms with van der Waals surface area (Å²) < 4.78 is 1.17. The number of halogens is 1. The van der Waals surface area contributed by atoms with Crippen LogP contribution in [0.5, 0.6) is 0 Å². The van der Waals surface area contributed by atoms with Gasteiger partial charge in [0, 0.05) is 43.3 Å². The van der Waals surface area contributed by atoms with Crippen LogP contribution in [0.3, 0.4) is 0 Å².